The molecule has 3 aromatic heterocycles. The van der Waals surface area contributed by atoms with E-state index >= 15 is 0 Å². The minimum atomic E-state index is -0.0232. The largest absolute Gasteiger partial charge is 0.454 e. The molecular formula is C48H28BN3O. The summed E-state index contributed by atoms with van der Waals surface area (Å²) in [7, 11) is 0. The van der Waals surface area contributed by atoms with Crippen LogP contribution in [0.15, 0.2) is 174 Å². The van der Waals surface area contributed by atoms with E-state index in [4.69, 9.17) is 4.42 Å². The summed E-state index contributed by atoms with van der Waals surface area (Å²) in [5.74, 6) is 0. The van der Waals surface area contributed by atoms with E-state index < -0.39 is 0 Å². The molecule has 0 unspecified atom stereocenters. The van der Waals surface area contributed by atoms with Crippen molar-refractivity contribution < 1.29 is 4.42 Å². The van der Waals surface area contributed by atoms with Crippen molar-refractivity contribution in [1.29, 1.82) is 0 Å². The Hall–Kier alpha value is -6.98. The van der Waals surface area contributed by atoms with E-state index in [-0.39, 0.29) is 6.71 Å². The Balaban J connectivity index is 1.21. The highest BCUT2D eigenvalue weighted by atomic mass is 16.3. The van der Waals surface area contributed by atoms with Crippen LogP contribution in [0, 0.1) is 0 Å². The van der Waals surface area contributed by atoms with Gasteiger partial charge in [0.1, 0.15) is 5.58 Å². The van der Waals surface area contributed by atoms with Crippen LogP contribution in [0.4, 0.5) is 34.1 Å². The van der Waals surface area contributed by atoms with Crippen LogP contribution in [0.25, 0.3) is 60.0 Å². The summed E-state index contributed by atoms with van der Waals surface area (Å²) >= 11 is 0. The van der Waals surface area contributed by atoms with Crippen molar-refractivity contribution in [3.8, 4) is 0 Å². The molecule has 0 N–H and O–H groups in total. The van der Waals surface area contributed by atoms with Crippen LogP contribution in [0.5, 0.6) is 0 Å². The minimum Gasteiger partial charge on any atom is -0.454 e. The predicted octanol–water partition coefficient (Wildman–Crippen LogP) is 10.8. The highest BCUT2D eigenvalue weighted by Crippen LogP contribution is 2.48. The fraction of sp³-hybridized carbons (Fsp3) is 0. The van der Waals surface area contributed by atoms with Gasteiger partial charge in [0.25, 0.3) is 6.71 Å². The summed E-state index contributed by atoms with van der Waals surface area (Å²) in [6.07, 6.45) is 0. The molecule has 53 heavy (non-hydrogen) atoms. The molecule has 0 fully saturated rings. The molecule has 8 aromatic carbocycles. The molecule has 0 bridgehead atoms. The summed E-state index contributed by atoms with van der Waals surface area (Å²) in [6.45, 7) is -0.0232. The minimum absolute atomic E-state index is 0.0232. The van der Waals surface area contributed by atoms with Gasteiger partial charge in [-0.25, -0.2) is 0 Å². The molecule has 0 spiro atoms. The zero-order chi connectivity index (χ0) is 34.4. The topological polar surface area (TPSA) is 24.0 Å². The van der Waals surface area contributed by atoms with Gasteiger partial charge < -0.3 is 18.6 Å². The Morgan fingerprint density at radius 1 is 0.415 bits per heavy atom. The molecule has 4 nitrogen and oxygen atoms in total. The molecule has 2 aliphatic rings. The molecule has 0 saturated heterocycles. The Kier molecular flexibility index (Phi) is 5.16. The van der Waals surface area contributed by atoms with Crippen molar-refractivity contribution in [2.75, 3.05) is 9.80 Å². The molecular weight excluding hydrogens is 645 g/mol. The number of hydrogen-bond donors (Lipinski definition) is 0. The van der Waals surface area contributed by atoms with Crippen LogP contribution in [0.3, 0.4) is 0 Å². The average Bonchev–Trinajstić information content (AvgIpc) is 3.88. The lowest BCUT2D eigenvalue weighted by atomic mass is 9.33. The number of benzene rings is 8. The SMILES string of the molecule is c1ccc(N2c3cc4c(cc3B3c5ccc6c(oc7ccccc76)c5N(c5ccccc5)c5cccc2c53)c2cccc3c5ccccc5n4c32)cc1. The quantitative estimate of drug-likeness (QED) is 0.171. The molecule has 244 valence electrons. The van der Waals surface area contributed by atoms with Crippen LogP contribution in [0.2, 0.25) is 0 Å². The summed E-state index contributed by atoms with van der Waals surface area (Å²) in [5.41, 5.74) is 16.4. The van der Waals surface area contributed by atoms with Gasteiger partial charge >= 0.3 is 0 Å². The molecule has 0 amide bonds. The molecule has 5 heteroatoms. The normalized spacial score (nSPS) is 13.5. The highest BCUT2D eigenvalue weighted by molar-refractivity contribution is 7.00. The fourth-order valence-corrected chi connectivity index (χ4v) is 9.82. The van der Waals surface area contributed by atoms with Crippen molar-refractivity contribution in [3.05, 3.63) is 170 Å². The number of para-hydroxylation sites is 5. The van der Waals surface area contributed by atoms with Gasteiger partial charge in [-0.05, 0) is 71.0 Å². The van der Waals surface area contributed by atoms with Crippen molar-refractivity contribution in [2.45, 2.75) is 0 Å². The summed E-state index contributed by atoms with van der Waals surface area (Å²) < 4.78 is 9.36. The Morgan fingerprint density at radius 3 is 1.87 bits per heavy atom. The molecule has 0 saturated carbocycles. The lowest BCUT2D eigenvalue weighted by molar-refractivity contribution is 0.669. The standard InChI is InChI=1S/C48H28BN3O/c1-3-13-29(14-4-1)50-40-22-12-23-41-45(40)49(37-26-25-35-32-18-8-10-24-44(32)53-48(35)47(37)51(41)30-15-5-2-6-16-30)38-27-36-34-20-11-19-33-31-17-7-9-21-39(31)52(46(33)34)42(36)28-43(38)50/h1-28H. The molecule has 13 rings (SSSR count). The van der Waals surface area contributed by atoms with Crippen molar-refractivity contribution in [1.82, 2.24) is 4.40 Å². The van der Waals surface area contributed by atoms with Crippen LogP contribution in [-0.4, -0.2) is 11.1 Å². The van der Waals surface area contributed by atoms with E-state index in [0.717, 1.165) is 39.0 Å². The summed E-state index contributed by atoms with van der Waals surface area (Å²) in [5, 5.41) is 7.43. The second-order valence-electron chi connectivity index (χ2n) is 14.4. The van der Waals surface area contributed by atoms with Gasteiger partial charge in [-0.3, -0.25) is 0 Å². The maximum absolute atomic E-state index is 6.87. The van der Waals surface area contributed by atoms with Crippen molar-refractivity contribution in [3.63, 3.8) is 0 Å². The average molecular weight is 674 g/mol. The smallest absolute Gasteiger partial charge is 0.252 e. The van der Waals surface area contributed by atoms with E-state index in [1.807, 2.05) is 0 Å². The number of fused-ring (bicyclic) bond motifs is 14. The first kappa shape index (κ1) is 27.7. The zero-order valence-corrected chi connectivity index (χ0v) is 28.5. The third kappa shape index (κ3) is 3.42. The first-order valence-electron chi connectivity index (χ1n) is 18.3. The predicted molar refractivity (Wildman–Crippen MR) is 222 cm³/mol. The molecule has 0 aliphatic carbocycles. The van der Waals surface area contributed by atoms with Gasteiger partial charge in [-0.2, -0.15) is 0 Å². The van der Waals surface area contributed by atoms with E-state index in [0.29, 0.717) is 0 Å². The Morgan fingerprint density at radius 2 is 1.06 bits per heavy atom. The second kappa shape index (κ2) is 9.87. The first-order valence-corrected chi connectivity index (χ1v) is 18.3. The van der Waals surface area contributed by atoms with Crippen LogP contribution in [0.1, 0.15) is 0 Å². The maximum Gasteiger partial charge on any atom is 0.252 e. The van der Waals surface area contributed by atoms with Gasteiger partial charge in [0.05, 0.1) is 22.2 Å². The molecule has 5 heterocycles. The summed E-state index contributed by atoms with van der Waals surface area (Å²) in [6, 6.07) is 62.1. The number of rotatable bonds is 2. The third-order valence-electron chi connectivity index (χ3n) is 11.9. The van der Waals surface area contributed by atoms with Crippen molar-refractivity contribution >= 4 is 117 Å². The number of anilines is 6. The molecule has 11 aromatic rings. The van der Waals surface area contributed by atoms with E-state index in [2.05, 4.69) is 184 Å². The Labute approximate surface area is 304 Å². The lowest BCUT2D eigenvalue weighted by Crippen LogP contribution is -2.61. The molecule has 0 atom stereocenters. The van der Waals surface area contributed by atoms with Gasteiger partial charge in [-0.1, -0.05) is 115 Å². The van der Waals surface area contributed by atoms with E-state index in [1.54, 1.807) is 0 Å². The highest BCUT2D eigenvalue weighted by Gasteiger charge is 2.44. The van der Waals surface area contributed by atoms with E-state index in [1.165, 1.54) is 71.5 Å². The van der Waals surface area contributed by atoms with Gasteiger partial charge in [0.2, 0.25) is 0 Å². The van der Waals surface area contributed by atoms with Gasteiger partial charge in [0, 0.05) is 60.8 Å². The number of furan rings is 1. The van der Waals surface area contributed by atoms with Gasteiger partial charge in [-0.15, -0.1) is 0 Å². The second-order valence-corrected chi connectivity index (χ2v) is 14.4. The lowest BCUT2D eigenvalue weighted by Gasteiger charge is -2.44. The Bertz CT molecular complexity index is 3310. The van der Waals surface area contributed by atoms with Crippen LogP contribution >= 0.6 is 0 Å². The monoisotopic (exact) mass is 673 g/mol. The van der Waals surface area contributed by atoms with Crippen LogP contribution < -0.4 is 26.2 Å². The number of nitrogens with zero attached hydrogens (tertiary/aromatic N) is 3. The first-order chi connectivity index (χ1) is 26.3. The van der Waals surface area contributed by atoms with Crippen LogP contribution in [-0.2, 0) is 0 Å². The molecule has 0 radical (unpaired) electrons. The number of aromatic nitrogens is 1. The molecule has 2 aliphatic heterocycles. The maximum atomic E-state index is 6.87. The van der Waals surface area contributed by atoms with Gasteiger partial charge in [0.15, 0.2) is 5.58 Å². The van der Waals surface area contributed by atoms with Crippen molar-refractivity contribution in [2.24, 2.45) is 0 Å². The fourth-order valence-electron chi connectivity index (χ4n) is 9.82. The zero-order valence-electron chi connectivity index (χ0n) is 28.5. The summed E-state index contributed by atoms with van der Waals surface area (Å²) in [4.78, 5) is 4.93. The number of hydrogen-bond acceptors (Lipinski definition) is 3. The third-order valence-corrected chi connectivity index (χ3v) is 11.9. The van der Waals surface area contributed by atoms with E-state index in [9.17, 15) is 0 Å².